The molecule has 0 N–H and O–H groups in total. The van der Waals surface area contributed by atoms with Crippen molar-refractivity contribution >= 4 is 17.9 Å². The number of amides is 3. The summed E-state index contributed by atoms with van der Waals surface area (Å²) in [5, 5.41) is 0. The second kappa shape index (κ2) is 7.88. The number of hydrogen-bond donors (Lipinski definition) is 0. The number of nitrogens with zero attached hydrogens (tertiary/aromatic N) is 4. The highest BCUT2D eigenvalue weighted by molar-refractivity contribution is 5.89. The lowest BCUT2D eigenvalue weighted by Crippen LogP contribution is -2.50. The van der Waals surface area contributed by atoms with Gasteiger partial charge in [-0.2, -0.15) is 0 Å². The van der Waals surface area contributed by atoms with Crippen molar-refractivity contribution in [1.29, 1.82) is 0 Å². The van der Waals surface area contributed by atoms with Gasteiger partial charge in [0.2, 0.25) is 11.8 Å². The van der Waals surface area contributed by atoms with E-state index in [2.05, 4.69) is 6.58 Å². The molecule has 0 aromatic heterocycles. The third-order valence-electron chi connectivity index (χ3n) is 5.76. The molecule has 27 heavy (non-hydrogen) atoms. The Balaban J connectivity index is 1.52. The van der Waals surface area contributed by atoms with Crippen LogP contribution in [0.1, 0.15) is 19.3 Å². The molecule has 3 fully saturated rings. The Labute approximate surface area is 160 Å². The van der Waals surface area contributed by atoms with Gasteiger partial charge in [-0.1, -0.05) is 6.08 Å². The van der Waals surface area contributed by atoms with Gasteiger partial charge in [-0.05, 0) is 14.1 Å². The van der Waals surface area contributed by atoms with Gasteiger partial charge in [-0.3, -0.25) is 9.59 Å². The molecule has 0 bridgehead atoms. The molecule has 0 aliphatic carbocycles. The fourth-order valence-electron chi connectivity index (χ4n) is 4.11. The average molecular weight is 378 g/mol. The summed E-state index contributed by atoms with van der Waals surface area (Å²) in [5.41, 5.74) is -0.472. The smallest absolute Gasteiger partial charge is 0.410 e. The van der Waals surface area contributed by atoms with Crippen LogP contribution in [0.2, 0.25) is 0 Å². The Kier molecular flexibility index (Phi) is 5.74. The van der Waals surface area contributed by atoms with Crippen LogP contribution in [0.25, 0.3) is 0 Å². The second-order valence-electron chi connectivity index (χ2n) is 8.09. The summed E-state index contributed by atoms with van der Waals surface area (Å²) in [5.74, 6) is -0.212. The minimum Gasteiger partial charge on any atom is -0.441 e. The largest absolute Gasteiger partial charge is 0.441 e. The molecule has 0 radical (unpaired) electrons. The van der Waals surface area contributed by atoms with E-state index in [9.17, 15) is 14.4 Å². The van der Waals surface area contributed by atoms with Crippen LogP contribution in [-0.2, 0) is 14.3 Å². The van der Waals surface area contributed by atoms with Gasteiger partial charge in [0.1, 0.15) is 5.60 Å². The van der Waals surface area contributed by atoms with Gasteiger partial charge in [0.15, 0.2) is 0 Å². The molecule has 3 heterocycles. The molecular weight excluding hydrogens is 348 g/mol. The van der Waals surface area contributed by atoms with E-state index in [0.717, 1.165) is 6.54 Å². The number of hydrogen-bond acceptors (Lipinski definition) is 5. The minimum atomic E-state index is -0.472. The summed E-state index contributed by atoms with van der Waals surface area (Å²) >= 11 is 0. The van der Waals surface area contributed by atoms with Crippen LogP contribution in [0, 0.1) is 5.92 Å². The van der Waals surface area contributed by atoms with Crippen molar-refractivity contribution in [3.63, 3.8) is 0 Å². The number of likely N-dealkylation sites (tertiary alicyclic amines) is 2. The Hall–Kier alpha value is -2.09. The lowest BCUT2D eigenvalue weighted by molar-refractivity contribution is -0.139. The highest BCUT2D eigenvalue weighted by Gasteiger charge is 2.48. The number of carbonyl (C=O) groups is 3. The van der Waals surface area contributed by atoms with Gasteiger partial charge >= 0.3 is 6.09 Å². The predicted octanol–water partition coefficient (Wildman–Crippen LogP) is 0.396. The lowest BCUT2D eigenvalue weighted by Gasteiger charge is -2.38. The molecule has 0 aromatic carbocycles. The van der Waals surface area contributed by atoms with Gasteiger partial charge in [0.25, 0.3) is 0 Å². The standard InChI is InChI=1S/C19H30N4O4/c1-4-7-22-13-15(12-16(22)24)17(25)21-8-5-19(6-9-21)14-23(18(26)27-19)11-10-20(2)3/h4,15H,1,5-14H2,2-3H3/t15-/m1/s1. The predicted molar refractivity (Wildman–Crippen MR) is 100 cm³/mol. The molecule has 1 atom stereocenters. The van der Waals surface area contributed by atoms with Crippen molar-refractivity contribution in [3.05, 3.63) is 12.7 Å². The monoisotopic (exact) mass is 378 g/mol. The first-order valence-electron chi connectivity index (χ1n) is 9.64. The fourth-order valence-corrected chi connectivity index (χ4v) is 4.11. The third-order valence-corrected chi connectivity index (χ3v) is 5.76. The van der Waals surface area contributed by atoms with Gasteiger partial charge in [-0.25, -0.2) is 4.79 Å². The zero-order valence-corrected chi connectivity index (χ0v) is 16.4. The highest BCUT2D eigenvalue weighted by Crippen LogP contribution is 2.34. The molecule has 0 aromatic rings. The fraction of sp³-hybridized carbons (Fsp3) is 0.737. The highest BCUT2D eigenvalue weighted by atomic mass is 16.6. The second-order valence-corrected chi connectivity index (χ2v) is 8.09. The number of piperidine rings is 1. The molecule has 8 heteroatoms. The van der Waals surface area contributed by atoms with Crippen LogP contribution in [0.4, 0.5) is 4.79 Å². The van der Waals surface area contributed by atoms with E-state index in [1.807, 2.05) is 23.9 Å². The third kappa shape index (κ3) is 4.26. The average Bonchev–Trinajstić information content (AvgIpc) is 3.14. The summed E-state index contributed by atoms with van der Waals surface area (Å²) in [4.78, 5) is 44.3. The Morgan fingerprint density at radius 3 is 2.63 bits per heavy atom. The number of ether oxygens (including phenoxy) is 1. The molecule has 3 aliphatic rings. The van der Waals surface area contributed by atoms with Crippen LogP contribution >= 0.6 is 0 Å². The molecule has 3 rings (SSSR count). The van der Waals surface area contributed by atoms with E-state index in [1.54, 1.807) is 15.9 Å². The molecule has 150 valence electrons. The topological polar surface area (TPSA) is 73.4 Å². The van der Waals surface area contributed by atoms with Crippen LogP contribution in [-0.4, -0.2) is 103 Å². The number of likely N-dealkylation sites (N-methyl/N-ethyl adjacent to an activating group) is 1. The summed E-state index contributed by atoms with van der Waals surface area (Å²) in [7, 11) is 3.95. The lowest BCUT2D eigenvalue weighted by atomic mass is 9.90. The van der Waals surface area contributed by atoms with Crippen molar-refractivity contribution < 1.29 is 19.1 Å². The van der Waals surface area contributed by atoms with Crippen molar-refractivity contribution in [2.24, 2.45) is 5.92 Å². The molecule has 3 saturated heterocycles. The first kappa shape index (κ1) is 19.7. The van der Waals surface area contributed by atoms with Crippen LogP contribution < -0.4 is 0 Å². The summed E-state index contributed by atoms with van der Waals surface area (Å²) < 4.78 is 5.71. The zero-order valence-electron chi connectivity index (χ0n) is 16.4. The molecule has 0 unspecified atom stereocenters. The maximum Gasteiger partial charge on any atom is 0.410 e. The van der Waals surface area contributed by atoms with E-state index in [-0.39, 0.29) is 30.2 Å². The Bertz CT molecular complexity index is 613. The molecule has 0 saturated carbocycles. The van der Waals surface area contributed by atoms with Gasteiger partial charge in [0, 0.05) is 58.5 Å². The van der Waals surface area contributed by atoms with Gasteiger partial charge < -0.3 is 24.3 Å². The van der Waals surface area contributed by atoms with E-state index in [1.165, 1.54) is 0 Å². The molecular formula is C19H30N4O4. The Morgan fingerprint density at radius 2 is 2.00 bits per heavy atom. The van der Waals surface area contributed by atoms with Crippen molar-refractivity contribution in [2.75, 3.05) is 59.9 Å². The van der Waals surface area contributed by atoms with E-state index in [4.69, 9.17) is 4.74 Å². The quantitative estimate of drug-likeness (QED) is 0.626. The van der Waals surface area contributed by atoms with Crippen molar-refractivity contribution in [2.45, 2.75) is 24.9 Å². The van der Waals surface area contributed by atoms with E-state index < -0.39 is 5.60 Å². The number of rotatable bonds is 6. The van der Waals surface area contributed by atoms with Gasteiger partial charge in [-0.15, -0.1) is 6.58 Å². The van der Waals surface area contributed by atoms with Crippen LogP contribution in [0.5, 0.6) is 0 Å². The maximum absolute atomic E-state index is 12.8. The molecule has 3 amide bonds. The summed E-state index contributed by atoms with van der Waals surface area (Å²) in [6, 6.07) is 0. The maximum atomic E-state index is 12.8. The molecule has 3 aliphatic heterocycles. The Morgan fingerprint density at radius 1 is 1.30 bits per heavy atom. The minimum absolute atomic E-state index is 0.0167. The van der Waals surface area contributed by atoms with E-state index >= 15 is 0 Å². The first-order chi connectivity index (χ1) is 12.8. The summed E-state index contributed by atoms with van der Waals surface area (Å²) in [6.07, 6.45) is 3.02. The van der Waals surface area contributed by atoms with Crippen molar-refractivity contribution in [1.82, 2.24) is 19.6 Å². The molecule has 8 nitrogen and oxygen atoms in total. The molecule has 1 spiro atoms. The van der Waals surface area contributed by atoms with Crippen LogP contribution in [0.3, 0.4) is 0 Å². The number of carbonyl (C=O) groups excluding carboxylic acids is 3. The van der Waals surface area contributed by atoms with Crippen molar-refractivity contribution in [3.8, 4) is 0 Å². The zero-order chi connectivity index (χ0) is 19.6. The summed E-state index contributed by atoms with van der Waals surface area (Å²) in [6.45, 7) is 7.80. The normalized spacial score (nSPS) is 24.9. The van der Waals surface area contributed by atoms with E-state index in [0.29, 0.717) is 52.1 Å². The first-order valence-corrected chi connectivity index (χ1v) is 9.64. The van der Waals surface area contributed by atoms with Gasteiger partial charge in [0.05, 0.1) is 12.5 Å². The SMILES string of the molecule is C=CCN1C[C@H](C(=O)N2CCC3(CC2)CN(CCN(C)C)C(=O)O3)CC1=O. The van der Waals surface area contributed by atoms with Crippen LogP contribution in [0.15, 0.2) is 12.7 Å².